The molecular formula is C22H23ClF3NO2. The van der Waals surface area contributed by atoms with Gasteiger partial charge in [-0.15, -0.1) is 0 Å². The van der Waals surface area contributed by atoms with E-state index < -0.39 is 23.3 Å². The summed E-state index contributed by atoms with van der Waals surface area (Å²) in [4.78, 5) is 13.2. The molecule has 3 rings (SSSR count). The molecule has 156 valence electrons. The van der Waals surface area contributed by atoms with Crippen molar-refractivity contribution in [3.63, 3.8) is 0 Å². The molecule has 1 aliphatic rings. The normalized spacial score (nSPS) is 16.1. The van der Waals surface area contributed by atoms with Crippen LogP contribution in [0.2, 0.25) is 5.02 Å². The van der Waals surface area contributed by atoms with Gasteiger partial charge in [0.05, 0.1) is 17.1 Å². The molecule has 0 aromatic heterocycles. The molecule has 0 spiro atoms. The second kappa shape index (κ2) is 8.27. The van der Waals surface area contributed by atoms with E-state index in [9.17, 15) is 18.0 Å². The molecule has 0 unspecified atom stereocenters. The second-order valence-electron chi connectivity index (χ2n) is 7.63. The maximum absolute atomic E-state index is 13.5. The van der Waals surface area contributed by atoms with Crippen LogP contribution >= 0.6 is 11.6 Å². The monoisotopic (exact) mass is 425 g/mol. The van der Waals surface area contributed by atoms with E-state index in [2.05, 4.69) is 5.32 Å². The Morgan fingerprint density at radius 2 is 1.72 bits per heavy atom. The quantitative estimate of drug-likeness (QED) is 0.586. The molecule has 3 nitrogen and oxygen atoms in total. The predicted molar refractivity (Wildman–Crippen MR) is 107 cm³/mol. The molecular weight excluding hydrogens is 403 g/mol. The van der Waals surface area contributed by atoms with E-state index in [0.717, 1.165) is 24.5 Å². The number of carbonyl (C=O) groups is 1. The van der Waals surface area contributed by atoms with Crippen LogP contribution in [-0.4, -0.2) is 12.0 Å². The Bertz CT molecular complexity index is 873. The zero-order chi connectivity index (χ0) is 21.2. The van der Waals surface area contributed by atoms with Crippen LogP contribution < -0.4 is 10.1 Å². The average molecular weight is 426 g/mol. The number of hydrogen-bond acceptors (Lipinski definition) is 2. The number of halogens is 4. The molecule has 0 atom stereocenters. The van der Waals surface area contributed by atoms with E-state index in [1.165, 1.54) is 12.1 Å². The van der Waals surface area contributed by atoms with Crippen LogP contribution in [0.1, 0.15) is 50.7 Å². The first-order valence-electron chi connectivity index (χ1n) is 9.57. The SMILES string of the molecule is CC(C)Oc1ccc(NC(=O)C2(c3ccc(Cl)cc3)CCCC2)cc1C(F)(F)F. The standard InChI is InChI=1S/C22H23ClF3NO2/c1-14(2)29-19-10-9-17(13-18(19)22(24,25)26)27-20(28)21(11-3-4-12-21)15-5-7-16(23)8-6-15/h5-10,13-14H,3-4,11-12H2,1-2H3,(H,27,28). The summed E-state index contributed by atoms with van der Waals surface area (Å²) >= 11 is 5.97. The molecule has 29 heavy (non-hydrogen) atoms. The smallest absolute Gasteiger partial charge is 0.420 e. The van der Waals surface area contributed by atoms with Gasteiger partial charge in [-0.05, 0) is 62.6 Å². The molecule has 0 bridgehead atoms. The van der Waals surface area contributed by atoms with Crippen molar-refractivity contribution in [3.8, 4) is 5.75 Å². The second-order valence-corrected chi connectivity index (χ2v) is 8.06. The van der Waals surface area contributed by atoms with Gasteiger partial charge < -0.3 is 10.1 Å². The Morgan fingerprint density at radius 1 is 1.10 bits per heavy atom. The van der Waals surface area contributed by atoms with Crippen molar-refractivity contribution in [2.75, 3.05) is 5.32 Å². The first-order chi connectivity index (χ1) is 13.6. The summed E-state index contributed by atoms with van der Waals surface area (Å²) in [5.41, 5.74) is -0.752. The number of benzene rings is 2. The number of carbonyl (C=O) groups excluding carboxylic acids is 1. The number of amides is 1. The van der Waals surface area contributed by atoms with E-state index in [1.54, 1.807) is 26.0 Å². The van der Waals surface area contributed by atoms with Gasteiger partial charge in [-0.25, -0.2) is 0 Å². The minimum absolute atomic E-state index is 0.0960. The van der Waals surface area contributed by atoms with Crippen molar-refractivity contribution < 1.29 is 22.7 Å². The van der Waals surface area contributed by atoms with E-state index in [-0.39, 0.29) is 17.3 Å². The molecule has 7 heteroatoms. The Hall–Kier alpha value is -2.21. The highest BCUT2D eigenvalue weighted by Gasteiger charge is 2.43. The fourth-order valence-electron chi connectivity index (χ4n) is 3.83. The minimum atomic E-state index is -4.59. The van der Waals surface area contributed by atoms with Crippen molar-refractivity contribution in [2.24, 2.45) is 0 Å². The average Bonchev–Trinajstić information content (AvgIpc) is 3.13. The molecule has 2 aromatic carbocycles. The lowest BCUT2D eigenvalue weighted by Gasteiger charge is -2.28. The summed E-state index contributed by atoms with van der Waals surface area (Å²) < 4.78 is 45.8. The Morgan fingerprint density at radius 3 is 2.28 bits per heavy atom. The molecule has 1 aliphatic carbocycles. The maximum atomic E-state index is 13.5. The fraction of sp³-hybridized carbons (Fsp3) is 0.409. The van der Waals surface area contributed by atoms with Crippen LogP contribution in [0.4, 0.5) is 18.9 Å². The third-order valence-electron chi connectivity index (χ3n) is 5.19. The molecule has 1 saturated carbocycles. The summed E-state index contributed by atoms with van der Waals surface area (Å²) in [6.45, 7) is 3.32. The van der Waals surface area contributed by atoms with E-state index in [4.69, 9.17) is 16.3 Å². The Balaban J connectivity index is 1.91. The molecule has 1 fully saturated rings. The Labute approximate surface area is 173 Å². The van der Waals surface area contributed by atoms with Crippen molar-refractivity contribution in [1.82, 2.24) is 0 Å². The molecule has 0 heterocycles. The lowest BCUT2D eigenvalue weighted by Crippen LogP contribution is -2.38. The zero-order valence-corrected chi connectivity index (χ0v) is 17.0. The van der Waals surface area contributed by atoms with Crippen molar-refractivity contribution in [1.29, 1.82) is 0 Å². The van der Waals surface area contributed by atoms with Crippen molar-refractivity contribution in [3.05, 3.63) is 58.6 Å². The number of ether oxygens (including phenoxy) is 1. The van der Waals surface area contributed by atoms with Gasteiger partial charge in [0.25, 0.3) is 0 Å². The predicted octanol–water partition coefficient (Wildman–Crippen LogP) is 6.60. The summed E-state index contributed by atoms with van der Waals surface area (Å²) in [5.74, 6) is -0.554. The maximum Gasteiger partial charge on any atom is 0.420 e. The highest BCUT2D eigenvalue weighted by Crippen LogP contribution is 2.43. The molecule has 2 aromatic rings. The van der Waals surface area contributed by atoms with Crippen LogP contribution in [0.25, 0.3) is 0 Å². The van der Waals surface area contributed by atoms with Crippen LogP contribution in [0.3, 0.4) is 0 Å². The number of alkyl halides is 3. The third kappa shape index (κ3) is 4.69. The van der Waals surface area contributed by atoms with Crippen LogP contribution in [0.5, 0.6) is 5.75 Å². The topological polar surface area (TPSA) is 38.3 Å². The number of rotatable bonds is 5. The van der Waals surface area contributed by atoms with Crippen LogP contribution in [0, 0.1) is 0 Å². The van der Waals surface area contributed by atoms with Gasteiger partial charge in [0.15, 0.2) is 0 Å². The lowest BCUT2D eigenvalue weighted by atomic mass is 9.78. The summed E-state index contributed by atoms with van der Waals surface area (Å²) in [5, 5.41) is 3.27. The van der Waals surface area contributed by atoms with E-state index >= 15 is 0 Å². The van der Waals surface area contributed by atoms with Gasteiger partial charge in [0.1, 0.15) is 5.75 Å². The molecule has 0 radical (unpaired) electrons. The van der Waals surface area contributed by atoms with Gasteiger partial charge in [-0.2, -0.15) is 13.2 Å². The van der Waals surface area contributed by atoms with E-state index in [0.29, 0.717) is 17.9 Å². The molecule has 0 saturated heterocycles. The molecule has 1 N–H and O–H groups in total. The largest absolute Gasteiger partial charge is 0.490 e. The summed E-state index contributed by atoms with van der Waals surface area (Å²) in [6.07, 6.45) is -1.95. The van der Waals surface area contributed by atoms with Gasteiger partial charge >= 0.3 is 6.18 Å². The number of hydrogen-bond donors (Lipinski definition) is 1. The fourth-order valence-corrected chi connectivity index (χ4v) is 3.96. The van der Waals surface area contributed by atoms with Crippen LogP contribution in [-0.2, 0) is 16.4 Å². The van der Waals surface area contributed by atoms with Gasteiger partial charge in [-0.3, -0.25) is 4.79 Å². The Kier molecular flexibility index (Phi) is 6.13. The minimum Gasteiger partial charge on any atom is -0.490 e. The van der Waals surface area contributed by atoms with Crippen molar-refractivity contribution >= 4 is 23.2 Å². The third-order valence-corrected chi connectivity index (χ3v) is 5.45. The lowest BCUT2D eigenvalue weighted by molar-refractivity contribution is -0.139. The van der Waals surface area contributed by atoms with Gasteiger partial charge in [-0.1, -0.05) is 36.6 Å². The van der Waals surface area contributed by atoms with Gasteiger partial charge in [0, 0.05) is 10.7 Å². The summed E-state index contributed by atoms with van der Waals surface area (Å²) in [7, 11) is 0. The highest BCUT2D eigenvalue weighted by molar-refractivity contribution is 6.30. The number of nitrogens with one attached hydrogen (secondary N) is 1. The van der Waals surface area contributed by atoms with Gasteiger partial charge in [0.2, 0.25) is 5.91 Å². The highest BCUT2D eigenvalue weighted by atomic mass is 35.5. The van der Waals surface area contributed by atoms with E-state index in [1.807, 2.05) is 12.1 Å². The van der Waals surface area contributed by atoms with Crippen LogP contribution in [0.15, 0.2) is 42.5 Å². The first-order valence-corrected chi connectivity index (χ1v) is 9.95. The molecule has 1 amide bonds. The summed E-state index contributed by atoms with van der Waals surface area (Å²) in [6, 6.07) is 10.7. The molecule has 0 aliphatic heterocycles. The first kappa shape index (κ1) is 21.5. The van der Waals surface area contributed by atoms with Crippen molar-refractivity contribution in [2.45, 2.75) is 57.2 Å². The zero-order valence-electron chi connectivity index (χ0n) is 16.3. The number of anilines is 1.